The van der Waals surface area contributed by atoms with Gasteiger partial charge in [-0.05, 0) is 63.3 Å². The predicted octanol–water partition coefficient (Wildman–Crippen LogP) is 2.66. The number of nitrogens with one attached hydrogen (secondary N) is 1. The highest BCUT2D eigenvalue weighted by Gasteiger charge is 2.42. The fourth-order valence-electron chi connectivity index (χ4n) is 5.06. The summed E-state index contributed by atoms with van der Waals surface area (Å²) in [5.41, 5.74) is 0. The van der Waals surface area contributed by atoms with Crippen molar-refractivity contribution < 1.29 is 4.79 Å². The van der Waals surface area contributed by atoms with E-state index in [0.29, 0.717) is 11.9 Å². The van der Waals surface area contributed by atoms with Crippen molar-refractivity contribution in [2.75, 3.05) is 20.1 Å². The summed E-state index contributed by atoms with van der Waals surface area (Å²) in [7, 11) is 1.93. The quantitative estimate of drug-likeness (QED) is 0.838. The van der Waals surface area contributed by atoms with Crippen LogP contribution in [0.3, 0.4) is 0 Å². The Kier molecular flexibility index (Phi) is 4.34. The monoisotopic (exact) mass is 278 g/mol. The molecule has 2 saturated carbocycles. The highest BCUT2D eigenvalue weighted by Crippen LogP contribution is 2.50. The van der Waals surface area contributed by atoms with Gasteiger partial charge in [0.2, 0.25) is 5.91 Å². The second kappa shape index (κ2) is 6.05. The maximum atomic E-state index is 12.6. The SMILES string of the molecule is CNCC(C)C(=O)N1CCCC1CC1CC2CCC1C2. The first kappa shape index (κ1) is 14.4. The summed E-state index contributed by atoms with van der Waals surface area (Å²) in [6.45, 7) is 3.86. The minimum Gasteiger partial charge on any atom is -0.339 e. The van der Waals surface area contributed by atoms with Gasteiger partial charge in [-0.1, -0.05) is 13.3 Å². The third kappa shape index (κ3) is 2.74. The number of fused-ring (bicyclic) bond motifs is 2. The van der Waals surface area contributed by atoms with Crippen molar-refractivity contribution in [2.45, 2.75) is 57.9 Å². The average Bonchev–Trinajstić information content (AvgIpc) is 3.14. The molecule has 0 radical (unpaired) electrons. The Hall–Kier alpha value is -0.570. The van der Waals surface area contributed by atoms with Gasteiger partial charge in [0.25, 0.3) is 0 Å². The van der Waals surface area contributed by atoms with Crippen molar-refractivity contribution in [3.63, 3.8) is 0 Å². The first-order chi connectivity index (χ1) is 9.69. The van der Waals surface area contributed by atoms with E-state index in [1.165, 1.54) is 44.9 Å². The Morgan fingerprint density at radius 3 is 2.80 bits per heavy atom. The minimum absolute atomic E-state index is 0.126. The maximum absolute atomic E-state index is 12.6. The van der Waals surface area contributed by atoms with E-state index in [-0.39, 0.29) is 5.92 Å². The molecule has 5 atom stereocenters. The Morgan fingerprint density at radius 1 is 1.30 bits per heavy atom. The molecule has 1 saturated heterocycles. The van der Waals surface area contributed by atoms with Crippen LogP contribution in [0.1, 0.15) is 51.9 Å². The summed E-state index contributed by atoms with van der Waals surface area (Å²) in [5, 5.41) is 3.13. The molecule has 2 bridgehead atoms. The Bertz CT molecular complexity index is 357. The number of amides is 1. The van der Waals surface area contributed by atoms with Crippen LogP contribution in [0.2, 0.25) is 0 Å². The van der Waals surface area contributed by atoms with Gasteiger partial charge in [0.15, 0.2) is 0 Å². The molecular weight excluding hydrogens is 248 g/mol. The molecule has 1 N–H and O–H groups in total. The zero-order valence-electron chi connectivity index (χ0n) is 13.1. The van der Waals surface area contributed by atoms with Gasteiger partial charge < -0.3 is 10.2 Å². The third-order valence-electron chi connectivity index (χ3n) is 6.05. The van der Waals surface area contributed by atoms with Crippen LogP contribution in [0.25, 0.3) is 0 Å². The standard InChI is InChI=1S/C17H30N2O/c1-12(11-18-2)17(20)19-7-3-4-16(19)10-15-9-13-5-6-14(15)8-13/h12-16,18H,3-11H2,1-2H3. The van der Waals surface area contributed by atoms with Crippen molar-refractivity contribution in [3.8, 4) is 0 Å². The van der Waals surface area contributed by atoms with E-state index < -0.39 is 0 Å². The van der Waals surface area contributed by atoms with Crippen LogP contribution in [0.5, 0.6) is 0 Å². The van der Waals surface area contributed by atoms with Crippen LogP contribution >= 0.6 is 0 Å². The predicted molar refractivity (Wildman–Crippen MR) is 81.4 cm³/mol. The zero-order chi connectivity index (χ0) is 14.1. The van der Waals surface area contributed by atoms with Gasteiger partial charge in [0.05, 0.1) is 0 Å². The van der Waals surface area contributed by atoms with Gasteiger partial charge in [0.1, 0.15) is 0 Å². The smallest absolute Gasteiger partial charge is 0.226 e. The first-order valence-corrected chi connectivity index (χ1v) is 8.64. The molecule has 1 heterocycles. The Labute approximate surface area is 123 Å². The lowest BCUT2D eigenvalue weighted by molar-refractivity contribution is -0.136. The van der Waals surface area contributed by atoms with Crippen molar-refractivity contribution in [2.24, 2.45) is 23.7 Å². The number of carbonyl (C=O) groups is 1. The fraction of sp³-hybridized carbons (Fsp3) is 0.941. The molecule has 1 amide bonds. The molecule has 0 aromatic rings. The van der Waals surface area contributed by atoms with E-state index in [1.54, 1.807) is 0 Å². The first-order valence-electron chi connectivity index (χ1n) is 8.64. The summed E-state index contributed by atoms with van der Waals surface area (Å²) in [5.74, 6) is 3.45. The van der Waals surface area contributed by atoms with E-state index in [2.05, 4.69) is 17.1 Å². The van der Waals surface area contributed by atoms with Crippen molar-refractivity contribution >= 4 is 5.91 Å². The summed E-state index contributed by atoms with van der Waals surface area (Å²) < 4.78 is 0. The number of likely N-dealkylation sites (tertiary alicyclic amines) is 1. The van der Waals surface area contributed by atoms with E-state index in [4.69, 9.17) is 0 Å². The summed E-state index contributed by atoms with van der Waals surface area (Å²) >= 11 is 0. The van der Waals surface area contributed by atoms with Gasteiger partial charge in [-0.2, -0.15) is 0 Å². The lowest BCUT2D eigenvalue weighted by Gasteiger charge is -2.32. The van der Waals surface area contributed by atoms with E-state index in [0.717, 1.165) is 30.8 Å². The van der Waals surface area contributed by atoms with Crippen LogP contribution < -0.4 is 5.32 Å². The Morgan fingerprint density at radius 2 is 2.15 bits per heavy atom. The normalized spacial score (nSPS) is 37.6. The van der Waals surface area contributed by atoms with E-state index in [9.17, 15) is 4.79 Å². The van der Waals surface area contributed by atoms with Gasteiger partial charge in [-0.15, -0.1) is 0 Å². The van der Waals surface area contributed by atoms with Crippen LogP contribution in [0.15, 0.2) is 0 Å². The summed E-state index contributed by atoms with van der Waals surface area (Å²) in [4.78, 5) is 14.8. The highest BCUT2D eigenvalue weighted by molar-refractivity contribution is 5.79. The van der Waals surface area contributed by atoms with E-state index >= 15 is 0 Å². The third-order valence-corrected chi connectivity index (χ3v) is 6.05. The Balaban J connectivity index is 1.57. The van der Waals surface area contributed by atoms with E-state index in [1.807, 2.05) is 7.05 Å². The van der Waals surface area contributed by atoms with Gasteiger partial charge in [0, 0.05) is 25.0 Å². The summed E-state index contributed by atoms with van der Waals surface area (Å²) in [6.07, 6.45) is 9.63. The second-order valence-corrected chi connectivity index (χ2v) is 7.46. The molecule has 1 aliphatic heterocycles. The average molecular weight is 278 g/mol. The van der Waals surface area contributed by atoms with Gasteiger partial charge in [-0.25, -0.2) is 0 Å². The fourth-order valence-corrected chi connectivity index (χ4v) is 5.06. The largest absolute Gasteiger partial charge is 0.339 e. The number of hydrogen-bond acceptors (Lipinski definition) is 2. The van der Waals surface area contributed by atoms with Gasteiger partial charge in [-0.3, -0.25) is 4.79 Å². The molecule has 114 valence electrons. The molecule has 3 aliphatic rings. The van der Waals surface area contributed by atoms with Crippen molar-refractivity contribution in [1.82, 2.24) is 10.2 Å². The number of rotatable bonds is 5. The number of carbonyl (C=O) groups excluding carboxylic acids is 1. The molecular formula is C17H30N2O. The molecule has 3 nitrogen and oxygen atoms in total. The molecule has 0 aromatic heterocycles. The lowest BCUT2D eigenvalue weighted by atomic mass is 9.83. The van der Waals surface area contributed by atoms with Crippen LogP contribution in [-0.4, -0.2) is 37.0 Å². The molecule has 3 fully saturated rings. The van der Waals surface area contributed by atoms with Crippen molar-refractivity contribution in [1.29, 1.82) is 0 Å². The summed E-state index contributed by atoms with van der Waals surface area (Å²) in [6, 6.07) is 0.547. The highest BCUT2D eigenvalue weighted by atomic mass is 16.2. The van der Waals surface area contributed by atoms with Crippen LogP contribution in [0, 0.1) is 23.7 Å². The molecule has 0 spiro atoms. The zero-order valence-corrected chi connectivity index (χ0v) is 13.1. The van der Waals surface area contributed by atoms with Crippen LogP contribution in [-0.2, 0) is 4.79 Å². The maximum Gasteiger partial charge on any atom is 0.226 e. The number of hydrogen-bond donors (Lipinski definition) is 1. The molecule has 20 heavy (non-hydrogen) atoms. The molecule has 2 aliphatic carbocycles. The molecule has 0 aromatic carbocycles. The molecule has 3 heteroatoms. The molecule has 5 unspecified atom stereocenters. The molecule has 3 rings (SSSR count). The minimum atomic E-state index is 0.126. The number of nitrogens with zero attached hydrogens (tertiary/aromatic N) is 1. The topological polar surface area (TPSA) is 32.3 Å². The second-order valence-electron chi connectivity index (χ2n) is 7.46. The lowest BCUT2D eigenvalue weighted by Crippen LogP contribution is -2.42. The van der Waals surface area contributed by atoms with Gasteiger partial charge >= 0.3 is 0 Å². The van der Waals surface area contributed by atoms with Crippen molar-refractivity contribution in [3.05, 3.63) is 0 Å². The van der Waals surface area contributed by atoms with Crippen LogP contribution in [0.4, 0.5) is 0 Å².